The molecule has 0 heterocycles. The van der Waals surface area contributed by atoms with Crippen molar-refractivity contribution in [3.8, 4) is 0 Å². The van der Waals surface area contributed by atoms with E-state index in [4.69, 9.17) is 37.0 Å². The van der Waals surface area contributed by atoms with Gasteiger partial charge >= 0.3 is 39.5 Å². The summed E-state index contributed by atoms with van der Waals surface area (Å²) in [6.07, 6.45) is 78.4. The lowest BCUT2D eigenvalue weighted by Crippen LogP contribution is -2.30. The van der Waals surface area contributed by atoms with E-state index in [2.05, 4.69) is 101 Å². The van der Waals surface area contributed by atoms with Crippen LogP contribution in [0.3, 0.4) is 0 Å². The maximum atomic E-state index is 13.1. The van der Waals surface area contributed by atoms with Crippen LogP contribution in [-0.2, 0) is 65.4 Å². The third kappa shape index (κ3) is 74.5. The fourth-order valence-electron chi connectivity index (χ4n) is 11.1. The quantitative estimate of drug-likeness (QED) is 0.0169. The zero-order valence-electron chi connectivity index (χ0n) is 64.8. The van der Waals surface area contributed by atoms with Gasteiger partial charge in [0, 0.05) is 25.7 Å². The molecule has 0 aliphatic carbocycles. The van der Waals surface area contributed by atoms with Gasteiger partial charge in [-0.2, -0.15) is 0 Å². The van der Waals surface area contributed by atoms with Crippen molar-refractivity contribution >= 4 is 39.5 Å². The summed E-state index contributed by atoms with van der Waals surface area (Å²) in [5.74, 6) is -2.24. The first-order valence-corrected chi connectivity index (χ1v) is 43.8. The number of aliphatic hydroxyl groups is 1. The van der Waals surface area contributed by atoms with Crippen LogP contribution >= 0.6 is 15.6 Å². The van der Waals surface area contributed by atoms with E-state index in [0.717, 1.165) is 128 Å². The molecular weight excluding hydrogens is 1330 g/mol. The number of esters is 4. The number of carbonyl (C=O) groups is 4. The highest BCUT2D eigenvalue weighted by Crippen LogP contribution is 2.45. The highest BCUT2D eigenvalue weighted by Gasteiger charge is 2.30. The molecular formula is C83H148O17P2. The van der Waals surface area contributed by atoms with E-state index in [1.807, 2.05) is 12.2 Å². The van der Waals surface area contributed by atoms with Crippen LogP contribution in [0.5, 0.6) is 0 Å². The van der Waals surface area contributed by atoms with Crippen molar-refractivity contribution in [3.05, 3.63) is 85.1 Å². The Bertz CT molecular complexity index is 2260. The molecule has 0 saturated heterocycles. The van der Waals surface area contributed by atoms with Crippen LogP contribution in [0.1, 0.15) is 362 Å². The van der Waals surface area contributed by atoms with Crippen LogP contribution in [0.25, 0.3) is 0 Å². The number of allylic oxidation sites excluding steroid dienone is 14. The number of hydrogen-bond acceptors (Lipinski definition) is 15. The van der Waals surface area contributed by atoms with Crippen molar-refractivity contribution in [2.75, 3.05) is 39.6 Å². The molecule has 0 fully saturated rings. The maximum absolute atomic E-state index is 13.1. The molecule has 0 radical (unpaired) electrons. The molecule has 0 bridgehead atoms. The molecule has 0 aromatic carbocycles. The molecule has 0 amide bonds. The van der Waals surface area contributed by atoms with Crippen molar-refractivity contribution in [2.24, 2.45) is 0 Å². The van der Waals surface area contributed by atoms with Crippen LogP contribution in [0.4, 0.5) is 0 Å². The van der Waals surface area contributed by atoms with Gasteiger partial charge in [-0.05, 0) is 122 Å². The first-order chi connectivity index (χ1) is 49.7. The lowest BCUT2D eigenvalue weighted by atomic mass is 10.0. The van der Waals surface area contributed by atoms with E-state index in [1.165, 1.54) is 148 Å². The minimum atomic E-state index is -4.99. The van der Waals surface area contributed by atoms with Crippen molar-refractivity contribution in [1.29, 1.82) is 0 Å². The van der Waals surface area contributed by atoms with Gasteiger partial charge in [-0.15, -0.1) is 0 Å². The van der Waals surface area contributed by atoms with Crippen LogP contribution in [-0.4, -0.2) is 96.7 Å². The van der Waals surface area contributed by atoms with E-state index in [0.29, 0.717) is 32.1 Å². The topological polar surface area (TPSA) is 237 Å². The molecule has 0 aliphatic heterocycles. The summed E-state index contributed by atoms with van der Waals surface area (Å²) < 4.78 is 68.6. The monoisotopic (exact) mass is 1480 g/mol. The molecule has 0 rings (SSSR count). The number of phosphoric acid groups is 2. The van der Waals surface area contributed by atoms with Gasteiger partial charge in [-0.1, -0.05) is 299 Å². The molecule has 0 aliphatic rings. The van der Waals surface area contributed by atoms with Crippen LogP contribution in [0, 0.1) is 0 Å². The molecule has 19 heteroatoms. The Morgan fingerprint density at radius 1 is 0.275 bits per heavy atom. The standard InChI is InChI=1S/C83H148O17P2/c1-5-9-13-17-21-25-29-33-37-38-42-44-48-52-56-60-64-68-81(86)94-74-79(100-83(88)70-66-62-58-54-50-46-41-36-32-28-24-20-16-12-8-4)76-98-102(91,92)96-72-77(84)71-95-101(89,90)97-75-78(99-82(87)69-65-61-57-53-49-45-40-35-31-27-23-19-15-11-7-3)73-93-80(85)67-63-59-55-51-47-43-39-34-30-26-22-18-14-10-6-2/h21,23,25,27,33,35-37,40-42,44,52,56,77-79,84H,5-20,22,24,26,28-32,34,38-39,43,45-51,53-55,57-76H2,1-4H3,(H,89,90)(H,91,92)/b25-21-,27-23-,37-33-,40-35-,41-36-,44-42-,56-52-/t77-,78+,79+/m0/s1. The number of carbonyl (C=O) groups excluding carboxylic acids is 4. The fourth-order valence-corrected chi connectivity index (χ4v) is 12.6. The summed E-state index contributed by atoms with van der Waals surface area (Å²) in [4.78, 5) is 73.0. The molecule has 592 valence electrons. The van der Waals surface area contributed by atoms with Gasteiger partial charge < -0.3 is 33.8 Å². The highest BCUT2D eigenvalue weighted by atomic mass is 31.2. The number of ether oxygens (including phenoxy) is 4. The van der Waals surface area contributed by atoms with Crippen LogP contribution in [0.15, 0.2) is 85.1 Å². The molecule has 3 N–H and O–H groups in total. The number of unbranched alkanes of at least 4 members (excludes halogenated alkanes) is 37. The van der Waals surface area contributed by atoms with E-state index in [1.54, 1.807) is 0 Å². The van der Waals surface area contributed by atoms with Gasteiger partial charge in [0.2, 0.25) is 0 Å². The molecule has 2 unspecified atom stereocenters. The van der Waals surface area contributed by atoms with Gasteiger partial charge in [0.25, 0.3) is 0 Å². The second kappa shape index (κ2) is 75.5. The number of rotatable bonds is 77. The summed E-state index contributed by atoms with van der Waals surface area (Å²) in [6.45, 7) is 4.79. The van der Waals surface area contributed by atoms with Crippen LogP contribution < -0.4 is 0 Å². The Balaban J connectivity index is 5.40. The smallest absolute Gasteiger partial charge is 0.462 e. The van der Waals surface area contributed by atoms with E-state index >= 15 is 0 Å². The first kappa shape index (κ1) is 98.2. The van der Waals surface area contributed by atoms with E-state index < -0.39 is 97.5 Å². The summed E-state index contributed by atoms with van der Waals surface area (Å²) in [6, 6.07) is 0. The third-order valence-electron chi connectivity index (χ3n) is 17.3. The number of phosphoric ester groups is 2. The van der Waals surface area contributed by atoms with Gasteiger partial charge in [-0.25, -0.2) is 9.13 Å². The Kier molecular flexibility index (Phi) is 72.7. The molecule has 0 aromatic rings. The van der Waals surface area contributed by atoms with Crippen molar-refractivity contribution < 1.29 is 80.2 Å². The molecule has 102 heavy (non-hydrogen) atoms. The highest BCUT2D eigenvalue weighted by molar-refractivity contribution is 7.47. The van der Waals surface area contributed by atoms with Crippen molar-refractivity contribution in [1.82, 2.24) is 0 Å². The third-order valence-corrected chi connectivity index (χ3v) is 19.2. The van der Waals surface area contributed by atoms with E-state index in [9.17, 15) is 43.2 Å². The van der Waals surface area contributed by atoms with E-state index in [-0.39, 0.29) is 25.7 Å². The Morgan fingerprint density at radius 3 is 0.804 bits per heavy atom. The zero-order chi connectivity index (χ0) is 74.6. The maximum Gasteiger partial charge on any atom is 0.472 e. The molecule has 17 nitrogen and oxygen atoms in total. The largest absolute Gasteiger partial charge is 0.472 e. The van der Waals surface area contributed by atoms with Gasteiger partial charge in [0.1, 0.15) is 19.3 Å². The summed E-state index contributed by atoms with van der Waals surface area (Å²) in [5.41, 5.74) is 0. The van der Waals surface area contributed by atoms with Gasteiger partial charge in [0.15, 0.2) is 12.2 Å². The van der Waals surface area contributed by atoms with Crippen LogP contribution in [0.2, 0.25) is 0 Å². The number of hydrogen-bond donors (Lipinski definition) is 3. The average Bonchev–Trinajstić information content (AvgIpc) is 0.923. The zero-order valence-corrected chi connectivity index (χ0v) is 66.6. The van der Waals surface area contributed by atoms with Gasteiger partial charge in [0.05, 0.1) is 26.4 Å². The first-order valence-electron chi connectivity index (χ1n) is 40.8. The second-order valence-electron chi connectivity index (χ2n) is 27.4. The Hall–Kier alpha value is -3.76. The SMILES string of the molecule is CCCCC/C=C\C/C=C\C/C=C\C/C=C\CCCC(=O)OC[C@H](COP(=O)(O)OC[C@@H](O)COP(=O)(O)OC[C@@H](COC(=O)CCCCCCCCCCCCCCCCC)OC(=O)CCCCCCC/C=C\C/C=C\CCCCC)OC(=O)CCCCCCC/C=C\CCCCCCCC. The number of aliphatic hydroxyl groups excluding tert-OH is 1. The normalized spacial score (nSPS) is 14.3. The summed E-state index contributed by atoms with van der Waals surface area (Å²) in [7, 11) is -9.97. The molecule has 0 saturated carbocycles. The molecule has 0 aromatic heterocycles. The van der Waals surface area contributed by atoms with Crippen molar-refractivity contribution in [3.63, 3.8) is 0 Å². The average molecular weight is 1480 g/mol. The fraction of sp³-hybridized carbons (Fsp3) is 0.783. The predicted molar refractivity (Wildman–Crippen MR) is 418 cm³/mol. The Morgan fingerprint density at radius 2 is 0.490 bits per heavy atom. The lowest BCUT2D eigenvalue weighted by Gasteiger charge is -2.21. The predicted octanol–water partition coefficient (Wildman–Crippen LogP) is 23.8. The Labute approximate surface area is 621 Å². The molecule has 0 spiro atoms. The summed E-state index contributed by atoms with van der Waals surface area (Å²) in [5, 5.41) is 10.6. The minimum absolute atomic E-state index is 0.0748. The minimum Gasteiger partial charge on any atom is -0.462 e. The van der Waals surface area contributed by atoms with Crippen molar-refractivity contribution in [2.45, 2.75) is 380 Å². The lowest BCUT2D eigenvalue weighted by molar-refractivity contribution is -0.161. The summed E-state index contributed by atoms with van der Waals surface area (Å²) >= 11 is 0. The second-order valence-corrected chi connectivity index (χ2v) is 30.3. The molecule has 5 atom stereocenters. The van der Waals surface area contributed by atoms with Gasteiger partial charge in [-0.3, -0.25) is 37.3 Å².